The van der Waals surface area contributed by atoms with Crippen molar-refractivity contribution in [2.75, 3.05) is 0 Å². The van der Waals surface area contributed by atoms with E-state index in [0.717, 1.165) is 6.42 Å². The first-order valence-corrected chi connectivity index (χ1v) is 2.64. The van der Waals surface area contributed by atoms with Gasteiger partial charge in [-0.3, -0.25) is 0 Å². The van der Waals surface area contributed by atoms with E-state index in [1.807, 2.05) is 6.08 Å². The lowest BCUT2D eigenvalue weighted by atomic mass is 10.3. The predicted molar refractivity (Wildman–Crippen MR) is 32.4 cm³/mol. The number of allylic oxidation sites excluding steroid dienone is 2. The van der Waals surface area contributed by atoms with E-state index in [9.17, 15) is 0 Å². The standard InChI is InChI=1S/C6H6N2/c1-2-6-3-5(1)7-4-8-6/h1-2,4H,3H2,(H,7,8). The maximum Gasteiger partial charge on any atom is 0.0924 e. The van der Waals surface area contributed by atoms with Crippen molar-refractivity contribution in [1.29, 1.82) is 0 Å². The average molecular weight is 106 g/mol. The molecule has 1 N–H and O–H groups in total. The Morgan fingerprint density at radius 1 is 1.50 bits per heavy atom. The minimum Gasteiger partial charge on any atom is -0.349 e. The molecule has 0 aromatic rings. The Hall–Kier alpha value is -1.05. The normalized spacial score (nSPS) is 22.0. The summed E-state index contributed by atoms with van der Waals surface area (Å²) < 4.78 is 0. The number of nitrogens with zero attached hydrogens (tertiary/aromatic N) is 1. The van der Waals surface area contributed by atoms with E-state index in [4.69, 9.17) is 0 Å². The molecule has 1 heterocycles. The molecule has 0 radical (unpaired) electrons. The quantitative estimate of drug-likeness (QED) is 0.485. The molecule has 0 atom stereocenters. The van der Waals surface area contributed by atoms with Gasteiger partial charge in [0.2, 0.25) is 0 Å². The monoisotopic (exact) mass is 106 g/mol. The van der Waals surface area contributed by atoms with Crippen LogP contribution in [0.25, 0.3) is 0 Å². The molecule has 0 saturated carbocycles. The van der Waals surface area contributed by atoms with Crippen molar-refractivity contribution in [2.24, 2.45) is 4.99 Å². The van der Waals surface area contributed by atoms with Crippen molar-refractivity contribution >= 4 is 6.34 Å². The van der Waals surface area contributed by atoms with Crippen LogP contribution in [0.1, 0.15) is 6.42 Å². The molecular weight excluding hydrogens is 100 g/mol. The lowest BCUT2D eigenvalue weighted by molar-refractivity contribution is 0.977. The van der Waals surface area contributed by atoms with Crippen LogP contribution in [0.5, 0.6) is 0 Å². The van der Waals surface area contributed by atoms with Crippen molar-refractivity contribution in [3.63, 3.8) is 0 Å². The molecule has 0 amide bonds. The third kappa shape index (κ3) is 0.397. The second kappa shape index (κ2) is 1.22. The summed E-state index contributed by atoms with van der Waals surface area (Å²) in [6.07, 6.45) is 6.82. The van der Waals surface area contributed by atoms with Gasteiger partial charge in [0.1, 0.15) is 0 Å². The van der Waals surface area contributed by atoms with Crippen LogP contribution < -0.4 is 5.32 Å². The van der Waals surface area contributed by atoms with Gasteiger partial charge in [-0.1, -0.05) is 0 Å². The summed E-state index contributed by atoms with van der Waals surface area (Å²) in [5, 5.41) is 3.03. The number of nitrogens with one attached hydrogen (secondary N) is 1. The molecular formula is C6H6N2. The molecule has 40 valence electrons. The third-order valence-electron chi connectivity index (χ3n) is 1.33. The highest BCUT2D eigenvalue weighted by atomic mass is 15.0. The molecule has 2 aliphatic rings. The fraction of sp³-hybridized carbons (Fsp3) is 0.167. The summed E-state index contributed by atoms with van der Waals surface area (Å²) in [5.74, 6) is 0. The van der Waals surface area contributed by atoms with Crippen molar-refractivity contribution in [3.8, 4) is 0 Å². The Morgan fingerprint density at radius 2 is 2.50 bits per heavy atom. The summed E-state index contributed by atoms with van der Waals surface area (Å²) in [5.41, 5.74) is 2.42. The van der Waals surface area contributed by atoms with Gasteiger partial charge in [-0.2, -0.15) is 0 Å². The highest BCUT2D eigenvalue weighted by molar-refractivity contribution is 5.63. The highest BCUT2D eigenvalue weighted by Gasteiger charge is 2.08. The second-order valence-electron chi connectivity index (χ2n) is 1.93. The van der Waals surface area contributed by atoms with Crippen LogP contribution in [-0.4, -0.2) is 6.34 Å². The summed E-state index contributed by atoms with van der Waals surface area (Å²) in [6.45, 7) is 0. The number of fused-ring (bicyclic) bond motifs is 2. The minimum absolute atomic E-state index is 0.997. The lowest BCUT2D eigenvalue weighted by Gasteiger charge is -2.05. The maximum atomic E-state index is 4.06. The van der Waals surface area contributed by atoms with Crippen LogP contribution in [0.2, 0.25) is 0 Å². The Labute approximate surface area is 47.6 Å². The van der Waals surface area contributed by atoms with Crippen LogP contribution in [0.3, 0.4) is 0 Å². The van der Waals surface area contributed by atoms with Gasteiger partial charge in [-0.25, -0.2) is 4.99 Å². The van der Waals surface area contributed by atoms with Gasteiger partial charge in [0, 0.05) is 17.8 Å². The summed E-state index contributed by atoms with van der Waals surface area (Å²) in [6, 6.07) is 0. The molecule has 2 rings (SSSR count). The largest absolute Gasteiger partial charge is 0.349 e. The fourth-order valence-electron chi connectivity index (χ4n) is 0.896. The second-order valence-corrected chi connectivity index (χ2v) is 1.93. The van der Waals surface area contributed by atoms with Crippen LogP contribution in [0.4, 0.5) is 0 Å². The average Bonchev–Trinajstić information content (AvgIpc) is 2.12. The zero-order valence-electron chi connectivity index (χ0n) is 4.39. The smallest absolute Gasteiger partial charge is 0.0924 e. The van der Waals surface area contributed by atoms with Crippen molar-refractivity contribution < 1.29 is 0 Å². The summed E-state index contributed by atoms with van der Waals surface area (Å²) in [4.78, 5) is 4.06. The molecule has 2 bridgehead atoms. The van der Waals surface area contributed by atoms with Crippen LogP contribution in [0.15, 0.2) is 28.5 Å². The van der Waals surface area contributed by atoms with E-state index in [-0.39, 0.29) is 0 Å². The summed E-state index contributed by atoms with van der Waals surface area (Å²) >= 11 is 0. The predicted octanol–water partition coefficient (Wildman–Crippen LogP) is 0.789. The third-order valence-corrected chi connectivity index (χ3v) is 1.33. The van der Waals surface area contributed by atoms with Crippen LogP contribution in [-0.2, 0) is 0 Å². The van der Waals surface area contributed by atoms with Crippen molar-refractivity contribution in [3.05, 3.63) is 23.5 Å². The number of rotatable bonds is 0. The number of hydrogen-bond donors (Lipinski definition) is 1. The van der Waals surface area contributed by atoms with Gasteiger partial charge in [-0.15, -0.1) is 0 Å². The topological polar surface area (TPSA) is 24.4 Å². The first kappa shape index (κ1) is 3.89. The minimum atomic E-state index is 0.997. The molecule has 8 heavy (non-hydrogen) atoms. The van der Waals surface area contributed by atoms with E-state index in [1.54, 1.807) is 6.34 Å². The molecule has 1 aliphatic carbocycles. The zero-order chi connectivity index (χ0) is 5.40. The molecule has 0 saturated heterocycles. The number of hydrogen-bond acceptors (Lipinski definition) is 2. The van der Waals surface area contributed by atoms with Crippen molar-refractivity contribution in [2.45, 2.75) is 6.42 Å². The Kier molecular flexibility index (Phi) is 0.592. The van der Waals surface area contributed by atoms with Crippen LogP contribution in [0, 0.1) is 0 Å². The SMILES string of the molecule is C1=NC2=CC=C(C2)N1. The number of aliphatic imine (C=N–C) groups is 1. The van der Waals surface area contributed by atoms with Crippen molar-refractivity contribution in [1.82, 2.24) is 5.32 Å². The molecule has 2 nitrogen and oxygen atoms in total. The van der Waals surface area contributed by atoms with Gasteiger partial charge in [-0.05, 0) is 12.2 Å². The molecule has 0 spiro atoms. The van der Waals surface area contributed by atoms with E-state index >= 15 is 0 Å². The van der Waals surface area contributed by atoms with E-state index < -0.39 is 0 Å². The first-order chi connectivity index (χ1) is 3.95. The van der Waals surface area contributed by atoms with E-state index in [1.165, 1.54) is 11.4 Å². The zero-order valence-corrected chi connectivity index (χ0v) is 4.39. The molecule has 0 aromatic heterocycles. The Bertz CT molecular complexity index is 199. The molecule has 0 unspecified atom stereocenters. The Balaban J connectivity index is 2.46. The van der Waals surface area contributed by atoms with Gasteiger partial charge in [0.25, 0.3) is 0 Å². The molecule has 2 heteroatoms. The molecule has 0 fully saturated rings. The molecule has 0 aromatic carbocycles. The van der Waals surface area contributed by atoms with Gasteiger partial charge in [0.05, 0.1) is 6.34 Å². The van der Waals surface area contributed by atoms with Gasteiger partial charge < -0.3 is 5.32 Å². The van der Waals surface area contributed by atoms with E-state index in [2.05, 4.69) is 16.4 Å². The van der Waals surface area contributed by atoms with E-state index in [0.29, 0.717) is 0 Å². The lowest BCUT2D eigenvalue weighted by Crippen LogP contribution is -2.12. The van der Waals surface area contributed by atoms with Gasteiger partial charge in [0.15, 0.2) is 0 Å². The molecule has 1 aliphatic heterocycles. The highest BCUT2D eigenvalue weighted by Crippen LogP contribution is 2.19. The van der Waals surface area contributed by atoms with Gasteiger partial charge >= 0.3 is 0 Å². The summed E-state index contributed by atoms with van der Waals surface area (Å²) in [7, 11) is 0. The fourth-order valence-corrected chi connectivity index (χ4v) is 0.896. The maximum absolute atomic E-state index is 4.06. The van der Waals surface area contributed by atoms with Crippen LogP contribution >= 0.6 is 0 Å². The first-order valence-electron chi connectivity index (χ1n) is 2.64. The Morgan fingerprint density at radius 3 is 3.25 bits per heavy atom.